The highest BCUT2D eigenvalue weighted by molar-refractivity contribution is 5.95. The third kappa shape index (κ3) is 1.79. The summed E-state index contributed by atoms with van der Waals surface area (Å²) in [5.74, 6) is -1.30. The van der Waals surface area contributed by atoms with E-state index in [2.05, 4.69) is 5.32 Å². The number of amides is 1. The molecule has 1 aromatic rings. The summed E-state index contributed by atoms with van der Waals surface area (Å²) in [5, 5.41) is 3.24. The molecule has 0 radical (unpaired) electrons. The summed E-state index contributed by atoms with van der Waals surface area (Å²) in [5.41, 5.74) is -0.0380. The second-order valence-electron chi connectivity index (χ2n) is 4.90. The molecule has 96 valence electrons. The van der Waals surface area contributed by atoms with E-state index in [9.17, 15) is 13.6 Å². The first-order chi connectivity index (χ1) is 8.66. The van der Waals surface area contributed by atoms with Crippen LogP contribution in [0.3, 0.4) is 0 Å². The number of benzene rings is 1. The van der Waals surface area contributed by atoms with Gasteiger partial charge in [0.1, 0.15) is 11.6 Å². The fraction of sp³-hybridized carbons (Fsp3) is 0.462. The van der Waals surface area contributed by atoms with Crippen molar-refractivity contribution in [2.24, 2.45) is 5.92 Å². The van der Waals surface area contributed by atoms with Crippen LogP contribution in [0.5, 0.6) is 0 Å². The van der Waals surface area contributed by atoms with E-state index in [0.717, 1.165) is 31.6 Å². The van der Waals surface area contributed by atoms with Crippen molar-refractivity contribution < 1.29 is 13.6 Å². The molecule has 3 rings (SSSR count). The second-order valence-corrected chi connectivity index (χ2v) is 4.90. The molecule has 0 spiro atoms. The standard InChI is InChI=1S/C13H14F2N2O/c14-9-1-2-10(11(15)5-9)13(18)17-4-3-8-6-16-7-12(8)17/h1-2,5,8,12,16H,3-4,6-7H2/t8-,12+/m0/s1. The lowest BCUT2D eigenvalue weighted by atomic mass is 10.0. The van der Waals surface area contributed by atoms with E-state index in [1.54, 1.807) is 4.90 Å². The van der Waals surface area contributed by atoms with Crippen molar-refractivity contribution in [3.63, 3.8) is 0 Å². The highest BCUT2D eigenvalue weighted by Gasteiger charge is 2.40. The fourth-order valence-electron chi connectivity index (χ4n) is 2.92. The Morgan fingerprint density at radius 1 is 1.33 bits per heavy atom. The van der Waals surface area contributed by atoms with E-state index in [-0.39, 0.29) is 17.5 Å². The first-order valence-corrected chi connectivity index (χ1v) is 6.13. The van der Waals surface area contributed by atoms with Crippen molar-refractivity contribution in [1.29, 1.82) is 0 Å². The van der Waals surface area contributed by atoms with Crippen molar-refractivity contribution in [3.05, 3.63) is 35.4 Å². The molecule has 2 saturated heterocycles. The van der Waals surface area contributed by atoms with Gasteiger partial charge in [0.2, 0.25) is 0 Å². The van der Waals surface area contributed by atoms with Crippen LogP contribution in [0.15, 0.2) is 18.2 Å². The number of halogens is 2. The van der Waals surface area contributed by atoms with Gasteiger partial charge in [-0.15, -0.1) is 0 Å². The molecule has 2 aliphatic rings. The van der Waals surface area contributed by atoms with Crippen molar-refractivity contribution in [2.45, 2.75) is 12.5 Å². The SMILES string of the molecule is O=C(c1ccc(F)cc1F)N1CC[C@H]2CNC[C@H]21. The molecule has 0 bridgehead atoms. The highest BCUT2D eigenvalue weighted by atomic mass is 19.1. The average Bonchev–Trinajstić information content (AvgIpc) is 2.89. The van der Waals surface area contributed by atoms with E-state index in [4.69, 9.17) is 0 Å². The number of nitrogens with zero attached hydrogens (tertiary/aromatic N) is 1. The van der Waals surface area contributed by atoms with Gasteiger partial charge < -0.3 is 10.2 Å². The van der Waals surface area contributed by atoms with Crippen LogP contribution >= 0.6 is 0 Å². The summed E-state index contributed by atoms with van der Waals surface area (Å²) in [7, 11) is 0. The molecule has 1 aromatic carbocycles. The monoisotopic (exact) mass is 252 g/mol. The number of fused-ring (bicyclic) bond motifs is 1. The van der Waals surface area contributed by atoms with Crippen LogP contribution in [0, 0.1) is 17.6 Å². The van der Waals surface area contributed by atoms with Crippen LogP contribution in [0.2, 0.25) is 0 Å². The van der Waals surface area contributed by atoms with Gasteiger partial charge in [0.05, 0.1) is 5.56 Å². The number of carbonyl (C=O) groups excluding carboxylic acids is 1. The molecule has 2 aliphatic heterocycles. The lowest BCUT2D eigenvalue weighted by Gasteiger charge is -2.23. The quantitative estimate of drug-likeness (QED) is 0.819. The molecule has 1 amide bonds. The minimum Gasteiger partial charge on any atom is -0.334 e. The molecular formula is C13H14F2N2O. The number of likely N-dealkylation sites (tertiary alicyclic amines) is 1. The zero-order chi connectivity index (χ0) is 12.7. The molecule has 0 aliphatic carbocycles. The Kier molecular flexibility index (Phi) is 2.78. The fourth-order valence-corrected chi connectivity index (χ4v) is 2.92. The topological polar surface area (TPSA) is 32.3 Å². The van der Waals surface area contributed by atoms with Gasteiger partial charge in [-0.05, 0) is 24.5 Å². The zero-order valence-electron chi connectivity index (χ0n) is 9.83. The summed E-state index contributed by atoms with van der Waals surface area (Å²) < 4.78 is 26.4. The van der Waals surface area contributed by atoms with Crippen LogP contribution in [0.1, 0.15) is 16.8 Å². The minimum absolute atomic E-state index is 0.0380. The predicted molar refractivity (Wildman–Crippen MR) is 62.2 cm³/mol. The van der Waals surface area contributed by atoms with Crippen LogP contribution in [-0.2, 0) is 0 Å². The van der Waals surface area contributed by atoms with E-state index < -0.39 is 11.6 Å². The molecular weight excluding hydrogens is 238 g/mol. The Bertz CT molecular complexity index is 492. The van der Waals surface area contributed by atoms with Gasteiger partial charge in [0, 0.05) is 31.7 Å². The Morgan fingerprint density at radius 3 is 2.94 bits per heavy atom. The molecule has 0 unspecified atom stereocenters. The number of hydrogen-bond acceptors (Lipinski definition) is 2. The van der Waals surface area contributed by atoms with Gasteiger partial charge in [-0.2, -0.15) is 0 Å². The zero-order valence-corrected chi connectivity index (χ0v) is 9.83. The minimum atomic E-state index is -0.783. The first-order valence-electron chi connectivity index (χ1n) is 6.13. The molecule has 1 N–H and O–H groups in total. The highest BCUT2D eigenvalue weighted by Crippen LogP contribution is 2.29. The normalized spacial score (nSPS) is 26.4. The maximum Gasteiger partial charge on any atom is 0.257 e. The maximum absolute atomic E-state index is 13.6. The third-order valence-corrected chi connectivity index (χ3v) is 3.87. The van der Waals surface area contributed by atoms with Gasteiger partial charge in [-0.3, -0.25) is 4.79 Å². The van der Waals surface area contributed by atoms with Crippen LogP contribution in [0.4, 0.5) is 8.78 Å². The molecule has 5 heteroatoms. The molecule has 0 aromatic heterocycles. The van der Waals surface area contributed by atoms with Gasteiger partial charge in [0.15, 0.2) is 0 Å². The van der Waals surface area contributed by atoms with Crippen molar-refractivity contribution in [3.8, 4) is 0 Å². The number of rotatable bonds is 1. The Labute approximate surface area is 104 Å². The largest absolute Gasteiger partial charge is 0.334 e. The summed E-state index contributed by atoms with van der Waals surface area (Å²) in [6, 6.07) is 3.26. The lowest BCUT2D eigenvalue weighted by molar-refractivity contribution is 0.0732. The lowest BCUT2D eigenvalue weighted by Crippen LogP contribution is -2.39. The number of hydrogen-bond donors (Lipinski definition) is 1. The van der Waals surface area contributed by atoms with Gasteiger partial charge in [0.25, 0.3) is 5.91 Å². The molecule has 2 heterocycles. The third-order valence-electron chi connectivity index (χ3n) is 3.87. The number of nitrogens with one attached hydrogen (secondary N) is 1. The molecule has 2 atom stereocenters. The van der Waals surface area contributed by atoms with E-state index in [1.807, 2.05) is 0 Å². The molecule has 18 heavy (non-hydrogen) atoms. The molecule has 3 nitrogen and oxygen atoms in total. The van der Waals surface area contributed by atoms with E-state index in [1.165, 1.54) is 6.07 Å². The second kappa shape index (κ2) is 4.31. The van der Waals surface area contributed by atoms with Crippen molar-refractivity contribution >= 4 is 5.91 Å². The Morgan fingerprint density at radius 2 is 2.17 bits per heavy atom. The number of carbonyl (C=O) groups is 1. The van der Waals surface area contributed by atoms with Crippen LogP contribution in [-0.4, -0.2) is 36.5 Å². The average molecular weight is 252 g/mol. The van der Waals surface area contributed by atoms with Crippen molar-refractivity contribution in [2.75, 3.05) is 19.6 Å². The Balaban J connectivity index is 1.86. The summed E-state index contributed by atoms with van der Waals surface area (Å²) >= 11 is 0. The molecule has 0 saturated carbocycles. The van der Waals surface area contributed by atoms with Gasteiger partial charge in [-0.25, -0.2) is 8.78 Å². The van der Waals surface area contributed by atoms with E-state index in [0.29, 0.717) is 12.5 Å². The maximum atomic E-state index is 13.6. The summed E-state index contributed by atoms with van der Waals surface area (Å²) in [6.45, 7) is 2.34. The molecule has 2 fully saturated rings. The first kappa shape index (κ1) is 11.6. The van der Waals surface area contributed by atoms with Crippen molar-refractivity contribution in [1.82, 2.24) is 10.2 Å². The Hall–Kier alpha value is -1.49. The predicted octanol–water partition coefficient (Wildman–Crippen LogP) is 1.40. The van der Waals surface area contributed by atoms with E-state index >= 15 is 0 Å². The van der Waals surface area contributed by atoms with Crippen LogP contribution < -0.4 is 5.32 Å². The van der Waals surface area contributed by atoms with Gasteiger partial charge in [-0.1, -0.05) is 0 Å². The summed E-state index contributed by atoms with van der Waals surface area (Å²) in [6.07, 6.45) is 0.951. The van der Waals surface area contributed by atoms with Crippen LogP contribution in [0.25, 0.3) is 0 Å². The van der Waals surface area contributed by atoms with Gasteiger partial charge >= 0.3 is 0 Å². The smallest absolute Gasteiger partial charge is 0.257 e. The summed E-state index contributed by atoms with van der Waals surface area (Å²) in [4.78, 5) is 14.0.